The molecule has 0 spiro atoms. The number of aryl methyl sites for hydroxylation is 1. The number of nitrogens with zero attached hydrogens (tertiary/aromatic N) is 5. The van der Waals surface area contributed by atoms with Gasteiger partial charge in [-0.1, -0.05) is 48.5 Å². The largest absolute Gasteiger partial charge is 0.376 e. The molecule has 34 heavy (non-hydrogen) atoms. The molecular formula is C26H37N5O2S. The molecule has 1 atom stereocenters. The molecule has 0 bridgehead atoms. The fourth-order valence-electron chi connectivity index (χ4n) is 4.89. The second kappa shape index (κ2) is 10.7. The van der Waals surface area contributed by atoms with Crippen molar-refractivity contribution in [2.24, 2.45) is 5.92 Å². The molecule has 184 valence electrons. The molecular weight excluding hydrogens is 446 g/mol. The van der Waals surface area contributed by atoms with Crippen LogP contribution in [0, 0.1) is 12.8 Å². The maximum atomic E-state index is 13.3. The van der Waals surface area contributed by atoms with Gasteiger partial charge in [-0.25, -0.2) is 0 Å². The molecule has 1 amide bonds. The number of anilines is 1. The Kier molecular flexibility index (Phi) is 7.44. The molecule has 1 aliphatic carbocycles. The first-order valence-electron chi connectivity index (χ1n) is 12.8. The number of rotatable bonds is 9. The Balaban J connectivity index is 1.27. The van der Waals surface area contributed by atoms with Gasteiger partial charge in [0.05, 0.1) is 18.4 Å². The topological polar surface area (TPSA) is 63.5 Å². The van der Waals surface area contributed by atoms with E-state index in [9.17, 15) is 4.79 Å². The molecule has 3 aliphatic rings. The van der Waals surface area contributed by atoms with Crippen LogP contribution in [-0.2, 0) is 22.6 Å². The lowest BCUT2D eigenvalue weighted by Crippen LogP contribution is -2.35. The van der Waals surface area contributed by atoms with Crippen LogP contribution in [0.4, 0.5) is 5.95 Å². The molecule has 0 radical (unpaired) electrons. The van der Waals surface area contributed by atoms with Gasteiger partial charge in [-0.05, 0) is 56.9 Å². The Hall–Kier alpha value is -2.06. The van der Waals surface area contributed by atoms with Crippen molar-refractivity contribution in [2.75, 3.05) is 30.3 Å². The van der Waals surface area contributed by atoms with E-state index >= 15 is 0 Å². The van der Waals surface area contributed by atoms with Crippen LogP contribution < -0.4 is 4.90 Å². The van der Waals surface area contributed by atoms with E-state index in [-0.39, 0.29) is 12.0 Å². The van der Waals surface area contributed by atoms with Gasteiger partial charge in [-0.15, -0.1) is 10.2 Å². The number of hydrogen-bond donors (Lipinski definition) is 0. The first kappa shape index (κ1) is 23.7. The molecule has 1 aromatic heterocycles. The fraction of sp³-hybridized carbons (Fsp3) is 0.654. The molecule has 5 rings (SSSR count). The third-order valence-electron chi connectivity index (χ3n) is 7.28. The third-order valence-corrected chi connectivity index (χ3v) is 8.23. The number of amides is 1. The van der Waals surface area contributed by atoms with Gasteiger partial charge in [-0.3, -0.25) is 9.36 Å². The van der Waals surface area contributed by atoms with E-state index in [2.05, 4.69) is 62.7 Å². The highest BCUT2D eigenvalue weighted by Crippen LogP contribution is 2.31. The van der Waals surface area contributed by atoms with E-state index < -0.39 is 0 Å². The Bertz CT molecular complexity index is 960. The fourth-order valence-corrected chi connectivity index (χ4v) is 5.72. The first-order valence-corrected chi connectivity index (χ1v) is 13.8. The van der Waals surface area contributed by atoms with Gasteiger partial charge < -0.3 is 14.5 Å². The Morgan fingerprint density at radius 3 is 2.56 bits per heavy atom. The summed E-state index contributed by atoms with van der Waals surface area (Å²) in [5, 5.41) is 9.97. The Labute approximate surface area is 207 Å². The van der Waals surface area contributed by atoms with Crippen LogP contribution in [0.5, 0.6) is 0 Å². The van der Waals surface area contributed by atoms with E-state index in [1.54, 1.807) is 0 Å². The average molecular weight is 484 g/mol. The van der Waals surface area contributed by atoms with Crippen molar-refractivity contribution in [3.8, 4) is 0 Å². The predicted molar refractivity (Wildman–Crippen MR) is 135 cm³/mol. The lowest BCUT2D eigenvalue weighted by molar-refractivity contribution is -0.129. The van der Waals surface area contributed by atoms with E-state index in [1.165, 1.54) is 35.7 Å². The van der Waals surface area contributed by atoms with Crippen molar-refractivity contribution in [3.63, 3.8) is 0 Å². The second-order valence-corrected chi connectivity index (χ2v) is 11.2. The molecule has 2 aromatic rings. The molecule has 2 saturated heterocycles. The minimum Gasteiger partial charge on any atom is -0.376 e. The highest BCUT2D eigenvalue weighted by atomic mass is 32.2. The summed E-state index contributed by atoms with van der Waals surface area (Å²) in [6.07, 6.45) is 6.97. The van der Waals surface area contributed by atoms with Gasteiger partial charge in [0.25, 0.3) is 0 Å². The number of ether oxygens (including phenoxy) is 1. The minimum atomic E-state index is 0.188. The van der Waals surface area contributed by atoms with E-state index in [1.807, 2.05) is 0 Å². The van der Waals surface area contributed by atoms with Gasteiger partial charge in [0.2, 0.25) is 11.9 Å². The number of hydrogen-bond acceptors (Lipinski definition) is 6. The second-order valence-electron chi connectivity index (χ2n) is 10.2. The quantitative estimate of drug-likeness (QED) is 0.496. The zero-order valence-electron chi connectivity index (χ0n) is 20.5. The summed E-state index contributed by atoms with van der Waals surface area (Å²) in [7, 11) is 0. The van der Waals surface area contributed by atoms with Crippen molar-refractivity contribution in [1.82, 2.24) is 19.7 Å². The number of thioether (sulfide) groups is 1. The summed E-state index contributed by atoms with van der Waals surface area (Å²) >= 11 is 1.53. The van der Waals surface area contributed by atoms with Crippen LogP contribution in [0.3, 0.4) is 0 Å². The molecule has 1 saturated carbocycles. The van der Waals surface area contributed by atoms with Gasteiger partial charge >= 0.3 is 0 Å². The lowest BCUT2D eigenvalue weighted by Gasteiger charge is -2.31. The maximum Gasteiger partial charge on any atom is 0.233 e. The molecule has 8 heteroatoms. The molecule has 7 nitrogen and oxygen atoms in total. The number of benzene rings is 1. The molecule has 2 aliphatic heterocycles. The summed E-state index contributed by atoms with van der Waals surface area (Å²) in [6, 6.07) is 8.89. The molecule has 0 N–H and O–H groups in total. The summed E-state index contributed by atoms with van der Waals surface area (Å²) in [4.78, 5) is 17.7. The van der Waals surface area contributed by atoms with Crippen LogP contribution in [0.25, 0.3) is 0 Å². The summed E-state index contributed by atoms with van der Waals surface area (Å²) in [5.74, 6) is 2.28. The third kappa shape index (κ3) is 5.77. The van der Waals surface area contributed by atoms with E-state index in [0.717, 1.165) is 68.9 Å². The zero-order chi connectivity index (χ0) is 23.5. The molecule has 1 aromatic carbocycles. The van der Waals surface area contributed by atoms with Crippen molar-refractivity contribution in [2.45, 2.75) is 82.8 Å². The van der Waals surface area contributed by atoms with E-state index in [0.29, 0.717) is 18.3 Å². The predicted octanol–water partition coefficient (Wildman–Crippen LogP) is 4.29. The van der Waals surface area contributed by atoms with Crippen LogP contribution >= 0.6 is 11.8 Å². The van der Waals surface area contributed by atoms with Crippen LogP contribution in [0.1, 0.15) is 56.6 Å². The molecule has 3 heterocycles. The smallest absolute Gasteiger partial charge is 0.233 e. The normalized spacial score (nSPS) is 21.2. The van der Waals surface area contributed by atoms with Crippen LogP contribution in [0.15, 0.2) is 29.4 Å². The van der Waals surface area contributed by atoms with Crippen molar-refractivity contribution in [3.05, 3.63) is 35.4 Å². The van der Waals surface area contributed by atoms with Crippen molar-refractivity contribution < 1.29 is 9.53 Å². The van der Waals surface area contributed by atoms with Gasteiger partial charge in [-0.2, -0.15) is 0 Å². The number of carbonyl (C=O) groups excluding carboxylic acids is 1. The first-order chi connectivity index (χ1) is 16.6. The van der Waals surface area contributed by atoms with Crippen molar-refractivity contribution in [1.29, 1.82) is 0 Å². The summed E-state index contributed by atoms with van der Waals surface area (Å²) < 4.78 is 8.15. The van der Waals surface area contributed by atoms with Crippen LogP contribution in [-0.4, -0.2) is 63.2 Å². The summed E-state index contributed by atoms with van der Waals surface area (Å²) in [5.41, 5.74) is 2.44. The number of carbonyl (C=O) groups is 1. The maximum absolute atomic E-state index is 13.3. The average Bonchev–Trinajstić information content (AvgIpc) is 3.40. The van der Waals surface area contributed by atoms with Crippen molar-refractivity contribution >= 4 is 23.6 Å². The highest BCUT2D eigenvalue weighted by Gasteiger charge is 2.33. The standard InChI is InChI=1S/C26H37N5O2S/c1-19-5-7-21(8-6-19)16-30(22-9-10-22)24(32)18-34-26-28-27-25(29-13-11-20(2)12-14-29)31(26)17-23-4-3-15-33-23/h5-8,20,22-23H,3-4,9-18H2,1-2H3. The van der Waals surface area contributed by atoms with Gasteiger partial charge in [0, 0.05) is 32.3 Å². The van der Waals surface area contributed by atoms with E-state index in [4.69, 9.17) is 4.74 Å². The Morgan fingerprint density at radius 1 is 1.12 bits per heavy atom. The van der Waals surface area contributed by atoms with Gasteiger partial charge in [0.15, 0.2) is 5.16 Å². The van der Waals surface area contributed by atoms with Crippen LogP contribution in [0.2, 0.25) is 0 Å². The minimum absolute atomic E-state index is 0.188. The molecule has 3 fully saturated rings. The van der Waals surface area contributed by atoms with Gasteiger partial charge in [0.1, 0.15) is 0 Å². The monoisotopic (exact) mass is 483 g/mol. The number of aromatic nitrogens is 3. The lowest BCUT2D eigenvalue weighted by atomic mass is 10.00. The zero-order valence-corrected chi connectivity index (χ0v) is 21.3. The molecule has 1 unspecified atom stereocenters. The Morgan fingerprint density at radius 2 is 1.88 bits per heavy atom. The SMILES string of the molecule is Cc1ccc(CN(C(=O)CSc2nnc(N3CCC(C)CC3)n2CC2CCCO2)C2CC2)cc1. The highest BCUT2D eigenvalue weighted by molar-refractivity contribution is 7.99. The number of piperidine rings is 1. The summed E-state index contributed by atoms with van der Waals surface area (Å²) in [6.45, 7) is 8.73.